The van der Waals surface area contributed by atoms with E-state index in [1.54, 1.807) is 0 Å². The average Bonchev–Trinajstić information content (AvgIpc) is 2.26. The van der Waals surface area contributed by atoms with Crippen LogP contribution < -0.4 is 5.32 Å². The van der Waals surface area contributed by atoms with Gasteiger partial charge >= 0.3 is 0 Å². The van der Waals surface area contributed by atoms with Gasteiger partial charge in [-0.1, -0.05) is 13.3 Å². The molecule has 0 spiro atoms. The predicted octanol–water partition coefficient (Wildman–Crippen LogP) is 0.602. The highest BCUT2D eigenvalue weighted by Crippen LogP contribution is 2.23. The minimum absolute atomic E-state index is 0.409. The SMILES string of the molecule is CCCCOC1CN(CC2(O)CCNCC2)C1. The van der Waals surface area contributed by atoms with Crippen molar-refractivity contribution in [2.45, 2.75) is 44.3 Å². The summed E-state index contributed by atoms with van der Waals surface area (Å²) in [5.74, 6) is 0. The van der Waals surface area contributed by atoms with Crippen LogP contribution in [0.25, 0.3) is 0 Å². The van der Waals surface area contributed by atoms with Crippen LogP contribution in [0.15, 0.2) is 0 Å². The number of piperidine rings is 1. The molecule has 0 aliphatic carbocycles. The van der Waals surface area contributed by atoms with Gasteiger partial charge in [-0.15, -0.1) is 0 Å². The van der Waals surface area contributed by atoms with Crippen LogP contribution in [0, 0.1) is 0 Å². The molecule has 0 amide bonds. The summed E-state index contributed by atoms with van der Waals surface area (Å²) in [6.45, 7) is 7.79. The van der Waals surface area contributed by atoms with Crippen molar-refractivity contribution in [2.24, 2.45) is 0 Å². The van der Waals surface area contributed by atoms with Crippen LogP contribution in [-0.2, 0) is 4.74 Å². The lowest BCUT2D eigenvalue weighted by Crippen LogP contribution is -2.59. The number of hydrogen-bond donors (Lipinski definition) is 2. The number of aliphatic hydroxyl groups is 1. The second-order valence-corrected chi connectivity index (χ2v) is 5.51. The third-order valence-corrected chi connectivity index (χ3v) is 3.83. The smallest absolute Gasteiger partial charge is 0.0828 e. The van der Waals surface area contributed by atoms with Crippen molar-refractivity contribution in [3.8, 4) is 0 Å². The molecule has 2 aliphatic heterocycles. The van der Waals surface area contributed by atoms with Crippen LogP contribution in [-0.4, -0.2) is 61.0 Å². The molecule has 17 heavy (non-hydrogen) atoms. The zero-order valence-electron chi connectivity index (χ0n) is 11.0. The van der Waals surface area contributed by atoms with E-state index in [0.29, 0.717) is 6.10 Å². The van der Waals surface area contributed by atoms with Crippen molar-refractivity contribution < 1.29 is 9.84 Å². The van der Waals surface area contributed by atoms with Gasteiger partial charge in [0.15, 0.2) is 0 Å². The van der Waals surface area contributed by atoms with Gasteiger partial charge in [-0.05, 0) is 32.4 Å². The Kier molecular flexibility index (Phi) is 4.79. The topological polar surface area (TPSA) is 44.7 Å². The van der Waals surface area contributed by atoms with Crippen molar-refractivity contribution in [1.82, 2.24) is 10.2 Å². The summed E-state index contributed by atoms with van der Waals surface area (Å²) in [5.41, 5.74) is -0.459. The number of unbranched alkanes of at least 4 members (excludes halogenated alkanes) is 1. The van der Waals surface area contributed by atoms with Gasteiger partial charge in [0.05, 0.1) is 11.7 Å². The van der Waals surface area contributed by atoms with Gasteiger partial charge in [0.2, 0.25) is 0 Å². The summed E-state index contributed by atoms with van der Waals surface area (Å²) >= 11 is 0. The first-order valence-electron chi connectivity index (χ1n) is 6.99. The Labute approximate surface area is 104 Å². The summed E-state index contributed by atoms with van der Waals surface area (Å²) in [6, 6.07) is 0. The maximum absolute atomic E-state index is 10.4. The van der Waals surface area contributed by atoms with Crippen LogP contribution in [0.4, 0.5) is 0 Å². The standard InChI is InChI=1S/C13H26N2O2/c1-2-3-8-17-12-9-15(10-12)11-13(16)4-6-14-7-5-13/h12,14,16H,2-11H2,1H3. The lowest BCUT2D eigenvalue weighted by atomic mass is 9.90. The van der Waals surface area contributed by atoms with Gasteiger partial charge in [0.25, 0.3) is 0 Å². The second kappa shape index (κ2) is 6.14. The normalized spacial score (nSPS) is 25.8. The summed E-state index contributed by atoms with van der Waals surface area (Å²) in [6.07, 6.45) is 4.53. The van der Waals surface area contributed by atoms with Crippen molar-refractivity contribution in [1.29, 1.82) is 0 Å². The maximum Gasteiger partial charge on any atom is 0.0828 e. The first-order chi connectivity index (χ1) is 8.22. The van der Waals surface area contributed by atoms with Crippen molar-refractivity contribution in [3.63, 3.8) is 0 Å². The summed E-state index contributed by atoms with van der Waals surface area (Å²) in [7, 11) is 0. The van der Waals surface area contributed by atoms with Crippen LogP contribution in [0.3, 0.4) is 0 Å². The highest BCUT2D eigenvalue weighted by Gasteiger charge is 2.36. The lowest BCUT2D eigenvalue weighted by Gasteiger charge is -2.44. The maximum atomic E-state index is 10.4. The summed E-state index contributed by atoms with van der Waals surface area (Å²) < 4.78 is 5.74. The molecule has 0 aromatic heterocycles. The molecule has 0 bridgehead atoms. The van der Waals surface area contributed by atoms with E-state index < -0.39 is 5.60 Å². The molecule has 0 unspecified atom stereocenters. The number of rotatable bonds is 6. The Morgan fingerprint density at radius 1 is 1.35 bits per heavy atom. The third kappa shape index (κ3) is 3.91. The fraction of sp³-hybridized carbons (Fsp3) is 1.00. The van der Waals surface area contributed by atoms with Crippen molar-refractivity contribution in [3.05, 3.63) is 0 Å². The van der Waals surface area contributed by atoms with Gasteiger partial charge in [-0.3, -0.25) is 4.90 Å². The molecule has 4 heteroatoms. The van der Waals surface area contributed by atoms with E-state index in [9.17, 15) is 5.11 Å². The van der Waals surface area contributed by atoms with E-state index in [1.165, 1.54) is 6.42 Å². The molecule has 100 valence electrons. The Hall–Kier alpha value is -0.160. The minimum Gasteiger partial charge on any atom is -0.388 e. The Morgan fingerprint density at radius 2 is 2.06 bits per heavy atom. The van der Waals surface area contributed by atoms with E-state index in [0.717, 1.165) is 58.6 Å². The quantitative estimate of drug-likeness (QED) is 0.670. The minimum atomic E-state index is -0.459. The average molecular weight is 242 g/mol. The predicted molar refractivity (Wildman–Crippen MR) is 68.1 cm³/mol. The largest absolute Gasteiger partial charge is 0.388 e. The Balaban J connectivity index is 1.59. The molecule has 2 aliphatic rings. The molecule has 0 atom stereocenters. The molecule has 0 radical (unpaired) electrons. The summed E-state index contributed by atoms with van der Waals surface area (Å²) in [4.78, 5) is 2.32. The zero-order valence-corrected chi connectivity index (χ0v) is 11.0. The van der Waals surface area contributed by atoms with Crippen LogP contribution in [0.1, 0.15) is 32.6 Å². The van der Waals surface area contributed by atoms with Gasteiger partial charge in [-0.25, -0.2) is 0 Å². The van der Waals surface area contributed by atoms with Gasteiger partial charge in [0.1, 0.15) is 0 Å². The van der Waals surface area contributed by atoms with Gasteiger partial charge in [0, 0.05) is 26.2 Å². The zero-order chi connectivity index (χ0) is 12.1. The lowest BCUT2D eigenvalue weighted by molar-refractivity contribution is -0.0961. The van der Waals surface area contributed by atoms with Crippen molar-refractivity contribution in [2.75, 3.05) is 39.3 Å². The first kappa shape index (κ1) is 13.3. The number of β-amino-alcohol motifs (C(OH)–C–C–N with tert-alkyl or cyclic N) is 1. The van der Waals surface area contributed by atoms with Gasteiger partial charge < -0.3 is 15.2 Å². The van der Waals surface area contributed by atoms with Crippen LogP contribution in [0.2, 0.25) is 0 Å². The fourth-order valence-corrected chi connectivity index (χ4v) is 2.62. The first-order valence-corrected chi connectivity index (χ1v) is 6.99. The monoisotopic (exact) mass is 242 g/mol. The molecular formula is C13H26N2O2. The molecule has 0 aromatic carbocycles. The molecule has 0 aromatic rings. The molecule has 4 nitrogen and oxygen atoms in total. The fourth-order valence-electron chi connectivity index (χ4n) is 2.62. The Bertz CT molecular complexity index is 223. The molecule has 0 saturated carbocycles. The highest BCUT2D eigenvalue weighted by molar-refractivity contribution is 4.91. The summed E-state index contributed by atoms with van der Waals surface area (Å²) in [5, 5.41) is 13.7. The van der Waals surface area contributed by atoms with E-state index in [4.69, 9.17) is 4.74 Å². The van der Waals surface area contributed by atoms with Crippen molar-refractivity contribution >= 4 is 0 Å². The third-order valence-electron chi connectivity index (χ3n) is 3.83. The number of nitrogens with one attached hydrogen (secondary N) is 1. The van der Waals surface area contributed by atoms with E-state index >= 15 is 0 Å². The molecule has 2 heterocycles. The number of hydrogen-bond acceptors (Lipinski definition) is 4. The number of ether oxygens (including phenoxy) is 1. The molecular weight excluding hydrogens is 216 g/mol. The molecule has 2 rings (SSSR count). The molecule has 2 fully saturated rings. The second-order valence-electron chi connectivity index (χ2n) is 5.51. The van der Waals surface area contributed by atoms with Crippen LogP contribution in [0.5, 0.6) is 0 Å². The molecule has 2 N–H and O–H groups in total. The Morgan fingerprint density at radius 3 is 2.71 bits per heavy atom. The van der Waals surface area contributed by atoms with E-state index in [2.05, 4.69) is 17.1 Å². The van der Waals surface area contributed by atoms with Gasteiger partial charge in [-0.2, -0.15) is 0 Å². The molecule has 2 saturated heterocycles. The van der Waals surface area contributed by atoms with E-state index in [-0.39, 0.29) is 0 Å². The van der Waals surface area contributed by atoms with E-state index in [1.807, 2.05) is 0 Å². The number of likely N-dealkylation sites (tertiary alicyclic amines) is 1. The number of nitrogens with zero attached hydrogens (tertiary/aromatic N) is 1. The highest BCUT2D eigenvalue weighted by atomic mass is 16.5. The van der Waals surface area contributed by atoms with Crippen LogP contribution >= 0.6 is 0 Å².